The average Bonchev–Trinajstić information content (AvgIpc) is 3.23. The van der Waals surface area contributed by atoms with Gasteiger partial charge in [-0.05, 0) is 36.4 Å². The molecule has 0 bridgehead atoms. The van der Waals surface area contributed by atoms with Crippen LogP contribution in [0.25, 0.3) is 10.9 Å². The highest BCUT2D eigenvalue weighted by atomic mass is 16.5. The lowest BCUT2D eigenvalue weighted by molar-refractivity contribution is -0.118. The summed E-state index contributed by atoms with van der Waals surface area (Å²) in [4.78, 5) is 30.3. The number of aromatic nitrogens is 1. The monoisotopic (exact) mass is 408 g/mol. The highest BCUT2D eigenvalue weighted by molar-refractivity contribution is 6.02. The molecule has 8 nitrogen and oxygen atoms in total. The van der Waals surface area contributed by atoms with Crippen LogP contribution in [0.2, 0.25) is 0 Å². The van der Waals surface area contributed by atoms with Gasteiger partial charge in [0.2, 0.25) is 5.91 Å². The van der Waals surface area contributed by atoms with Gasteiger partial charge in [-0.15, -0.1) is 0 Å². The molecular weight excluding hydrogens is 384 g/mol. The minimum absolute atomic E-state index is 0.331. The molecule has 0 aliphatic carbocycles. The van der Waals surface area contributed by atoms with Crippen molar-refractivity contribution in [3.05, 3.63) is 60.3 Å². The van der Waals surface area contributed by atoms with E-state index >= 15 is 0 Å². The van der Waals surface area contributed by atoms with Gasteiger partial charge in [0.1, 0.15) is 11.7 Å². The maximum Gasteiger partial charge on any atom is 0.268 e. The number of aliphatic hydroxyl groups excluding tert-OH is 1. The number of fused-ring (bicyclic) bond motifs is 1. The Morgan fingerprint density at radius 2 is 1.83 bits per heavy atom. The van der Waals surface area contributed by atoms with Crippen LogP contribution < -0.4 is 15.5 Å². The minimum Gasteiger partial charge on any atom is -0.394 e. The number of aliphatic hydroxyl groups is 1. The molecule has 4 N–H and O–H groups in total. The Hall–Kier alpha value is -3.36. The maximum atomic E-state index is 12.5. The first-order valence-electron chi connectivity index (χ1n) is 9.87. The first-order chi connectivity index (χ1) is 14.6. The molecule has 0 spiro atoms. The summed E-state index contributed by atoms with van der Waals surface area (Å²) in [5.41, 5.74) is 2.81. The van der Waals surface area contributed by atoms with Crippen LogP contribution in [-0.4, -0.2) is 60.9 Å². The Balaban J connectivity index is 1.38. The van der Waals surface area contributed by atoms with Gasteiger partial charge in [-0.2, -0.15) is 0 Å². The summed E-state index contributed by atoms with van der Waals surface area (Å²) in [6, 6.07) is 15.6. The third kappa shape index (κ3) is 4.45. The molecular formula is C22H24N4O4. The predicted molar refractivity (Wildman–Crippen MR) is 115 cm³/mol. The summed E-state index contributed by atoms with van der Waals surface area (Å²) in [6.45, 7) is 2.55. The number of carbonyl (C=O) groups is 2. The highest BCUT2D eigenvalue weighted by Gasteiger charge is 2.22. The number of nitrogens with zero attached hydrogens (tertiary/aromatic N) is 1. The first kappa shape index (κ1) is 19.9. The molecule has 2 amide bonds. The molecule has 2 aromatic carbocycles. The second-order valence-corrected chi connectivity index (χ2v) is 7.11. The Morgan fingerprint density at radius 3 is 2.53 bits per heavy atom. The standard InChI is InChI=1S/C22H24N4O4/c27-14-20(25-21(28)19-13-15-3-1-2-4-18(15)24-19)22(29)23-16-5-7-17(8-6-16)26-9-11-30-12-10-26/h1-8,13,20,24,27H,9-12,14H2,(H,23,29)(H,25,28). The number of ether oxygens (including phenoxy) is 1. The predicted octanol–water partition coefficient (Wildman–Crippen LogP) is 1.73. The van der Waals surface area contributed by atoms with Gasteiger partial charge in [-0.3, -0.25) is 9.59 Å². The van der Waals surface area contributed by atoms with Crippen LogP contribution in [0.4, 0.5) is 11.4 Å². The Kier molecular flexibility index (Phi) is 5.97. The molecule has 1 aromatic heterocycles. The van der Waals surface area contributed by atoms with Crippen LogP contribution in [-0.2, 0) is 9.53 Å². The fraction of sp³-hybridized carbons (Fsp3) is 0.273. The number of nitrogens with one attached hydrogen (secondary N) is 3. The molecule has 1 atom stereocenters. The molecule has 30 heavy (non-hydrogen) atoms. The van der Waals surface area contributed by atoms with Gasteiger partial charge in [-0.25, -0.2) is 0 Å². The fourth-order valence-electron chi connectivity index (χ4n) is 3.43. The lowest BCUT2D eigenvalue weighted by Gasteiger charge is -2.29. The number of aromatic amines is 1. The molecule has 0 radical (unpaired) electrons. The second kappa shape index (κ2) is 8.98. The number of hydrogen-bond acceptors (Lipinski definition) is 5. The molecule has 156 valence electrons. The van der Waals surface area contributed by atoms with E-state index in [1.165, 1.54) is 0 Å². The zero-order valence-corrected chi connectivity index (χ0v) is 16.4. The molecule has 8 heteroatoms. The van der Waals surface area contributed by atoms with Gasteiger partial charge in [0, 0.05) is 35.4 Å². The molecule has 1 fully saturated rings. The SMILES string of the molecule is O=C(NC(CO)C(=O)Nc1ccc(N2CCOCC2)cc1)c1cc2ccccc2[nH]1. The van der Waals surface area contributed by atoms with E-state index in [-0.39, 0.29) is 0 Å². The first-order valence-corrected chi connectivity index (χ1v) is 9.87. The number of amides is 2. The largest absolute Gasteiger partial charge is 0.394 e. The van der Waals surface area contributed by atoms with Crippen LogP contribution in [0.5, 0.6) is 0 Å². The number of morpholine rings is 1. The van der Waals surface area contributed by atoms with Crippen molar-refractivity contribution in [1.29, 1.82) is 0 Å². The molecule has 1 aliphatic rings. The van der Waals surface area contributed by atoms with E-state index in [2.05, 4.69) is 20.5 Å². The van der Waals surface area contributed by atoms with E-state index < -0.39 is 24.5 Å². The number of carbonyl (C=O) groups excluding carboxylic acids is 2. The van der Waals surface area contributed by atoms with Gasteiger partial charge in [0.05, 0.1) is 19.8 Å². The summed E-state index contributed by atoms with van der Waals surface area (Å²) < 4.78 is 5.36. The molecule has 1 aliphatic heterocycles. The summed E-state index contributed by atoms with van der Waals surface area (Å²) in [6.07, 6.45) is 0. The van der Waals surface area contributed by atoms with Crippen LogP contribution in [0.3, 0.4) is 0 Å². The van der Waals surface area contributed by atoms with Crippen molar-refractivity contribution in [3.63, 3.8) is 0 Å². The number of hydrogen-bond donors (Lipinski definition) is 4. The minimum atomic E-state index is -1.07. The van der Waals surface area contributed by atoms with Gasteiger partial charge in [0.15, 0.2) is 0 Å². The van der Waals surface area contributed by atoms with Crippen LogP contribution in [0.15, 0.2) is 54.6 Å². The number of H-pyrrole nitrogens is 1. The van der Waals surface area contributed by atoms with Crippen LogP contribution in [0, 0.1) is 0 Å². The number of para-hydroxylation sites is 1. The van der Waals surface area contributed by atoms with E-state index in [0.717, 1.165) is 29.7 Å². The highest BCUT2D eigenvalue weighted by Crippen LogP contribution is 2.19. The van der Waals surface area contributed by atoms with E-state index in [1.54, 1.807) is 18.2 Å². The van der Waals surface area contributed by atoms with Crippen molar-refractivity contribution in [3.8, 4) is 0 Å². The molecule has 0 saturated carbocycles. The van der Waals surface area contributed by atoms with Crippen molar-refractivity contribution >= 4 is 34.1 Å². The van der Waals surface area contributed by atoms with Crippen LogP contribution >= 0.6 is 0 Å². The van der Waals surface area contributed by atoms with E-state index in [9.17, 15) is 14.7 Å². The quantitative estimate of drug-likeness (QED) is 0.497. The smallest absolute Gasteiger partial charge is 0.268 e. The van der Waals surface area contributed by atoms with Crippen LogP contribution in [0.1, 0.15) is 10.5 Å². The van der Waals surface area contributed by atoms with E-state index in [0.29, 0.717) is 24.6 Å². The molecule has 2 heterocycles. The number of anilines is 2. The van der Waals surface area contributed by atoms with Gasteiger partial charge in [0.25, 0.3) is 5.91 Å². The third-order valence-corrected chi connectivity index (χ3v) is 5.09. The summed E-state index contributed by atoms with van der Waals surface area (Å²) >= 11 is 0. The second-order valence-electron chi connectivity index (χ2n) is 7.11. The molecule has 1 saturated heterocycles. The number of rotatable bonds is 6. The Labute approximate surface area is 173 Å². The third-order valence-electron chi connectivity index (χ3n) is 5.09. The summed E-state index contributed by atoms with van der Waals surface area (Å²) in [5.74, 6) is -0.941. The van der Waals surface area contributed by atoms with E-state index in [4.69, 9.17) is 4.74 Å². The molecule has 4 rings (SSSR count). The average molecular weight is 408 g/mol. The normalized spacial score (nSPS) is 15.0. The summed E-state index contributed by atoms with van der Waals surface area (Å²) in [7, 11) is 0. The van der Waals surface area contributed by atoms with Crippen molar-refractivity contribution in [2.24, 2.45) is 0 Å². The molecule has 1 unspecified atom stereocenters. The lowest BCUT2D eigenvalue weighted by Crippen LogP contribution is -2.46. The topological polar surface area (TPSA) is 107 Å². The van der Waals surface area contributed by atoms with Crippen molar-refractivity contribution in [1.82, 2.24) is 10.3 Å². The number of benzene rings is 2. The summed E-state index contributed by atoms with van der Waals surface area (Å²) in [5, 5.41) is 15.8. The van der Waals surface area contributed by atoms with Gasteiger partial charge < -0.3 is 30.4 Å². The van der Waals surface area contributed by atoms with Crippen molar-refractivity contribution < 1.29 is 19.4 Å². The van der Waals surface area contributed by atoms with Crippen molar-refractivity contribution in [2.45, 2.75) is 6.04 Å². The zero-order chi connectivity index (χ0) is 20.9. The molecule has 3 aromatic rings. The van der Waals surface area contributed by atoms with Crippen molar-refractivity contribution in [2.75, 3.05) is 43.1 Å². The van der Waals surface area contributed by atoms with Gasteiger partial charge >= 0.3 is 0 Å². The lowest BCUT2D eigenvalue weighted by atomic mass is 10.2. The zero-order valence-electron chi connectivity index (χ0n) is 16.4. The van der Waals surface area contributed by atoms with Gasteiger partial charge in [-0.1, -0.05) is 18.2 Å². The maximum absolute atomic E-state index is 12.5. The van der Waals surface area contributed by atoms with E-state index in [1.807, 2.05) is 36.4 Å². The Bertz CT molecular complexity index is 992. The Morgan fingerprint density at radius 1 is 1.10 bits per heavy atom. The fourth-order valence-corrected chi connectivity index (χ4v) is 3.43.